The van der Waals surface area contributed by atoms with Crippen LogP contribution in [0.4, 0.5) is 0 Å². The van der Waals surface area contributed by atoms with Gasteiger partial charge in [-0.2, -0.15) is 0 Å². The Morgan fingerprint density at radius 3 is 2.00 bits per heavy atom. The molecule has 0 aliphatic carbocycles. The largest absolute Gasteiger partial charge is 0.493 e. The van der Waals surface area contributed by atoms with Crippen molar-refractivity contribution >= 4 is 17.7 Å². The van der Waals surface area contributed by atoms with Gasteiger partial charge in [-0.05, 0) is 24.3 Å². The molecule has 2 rings (SSSR count). The molecule has 7 nitrogen and oxygen atoms in total. The highest BCUT2D eigenvalue weighted by Gasteiger charge is 2.07. The third-order valence-corrected chi connectivity index (χ3v) is 3.56. The van der Waals surface area contributed by atoms with Crippen LogP contribution in [0.25, 0.3) is 0 Å². The quantitative estimate of drug-likeness (QED) is 0.547. The van der Waals surface area contributed by atoms with Crippen molar-refractivity contribution in [3.63, 3.8) is 0 Å². The molecule has 7 heteroatoms. The highest BCUT2D eigenvalue weighted by atomic mass is 16.5. The van der Waals surface area contributed by atoms with Crippen LogP contribution in [-0.4, -0.2) is 44.0 Å². The molecule has 142 valence electrons. The second-order valence-corrected chi connectivity index (χ2v) is 5.66. The molecule has 3 amide bonds. The summed E-state index contributed by atoms with van der Waals surface area (Å²) in [5.41, 5.74) is 0.496. The predicted octanol–water partition coefficient (Wildman–Crippen LogP) is 1.12. The summed E-state index contributed by atoms with van der Waals surface area (Å²) < 4.78 is 5.44. The van der Waals surface area contributed by atoms with Crippen molar-refractivity contribution < 1.29 is 19.1 Å². The molecule has 3 N–H and O–H groups in total. The van der Waals surface area contributed by atoms with Gasteiger partial charge in [0, 0.05) is 18.7 Å². The number of amides is 3. The van der Waals surface area contributed by atoms with Crippen molar-refractivity contribution in [3.8, 4) is 5.75 Å². The zero-order valence-electron chi connectivity index (χ0n) is 14.9. The van der Waals surface area contributed by atoms with Gasteiger partial charge in [-0.1, -0.05) is 36.4 Å². The molecule has 0 atom stereocenters. The van der Waals surface area contributed by atoms with Gasteiger partial charge in [0.25, 0.3) is 5.91 Å². The lowest BCUT2D eigenvalue weighted by molar-refractivity contribution is -0.122. The number of rotatable bonds is 10. The molecule has 0 aliphatic heterocycles. The number of para-hydroxylation sites is 1. The van der Waals surface area contributed by atoms with Crippen molar-refractivity contribution in [2.75, 3.05) is 26.2 Å². The van der Waals surface area contributed by atoms with Gasteiger partial charge in [0.05, 0.1) is 19.6 Å². The maximum absolute atomic E-state index is 11.8. The minimum atomic E-state index is -0.319. The lowest BCUT2D eigenvalue weighted by Gasteiger charge is -2.09. The Morgan fingerprint density at radius 2 is 1.33 bits per heavy atom. The summed E-state index contributed by atoms with van der Waals surface area (Å²) in [5, 5.41) is 7.86. The summed E-state index contributed by atoms with van der Waals surface area (Å²) in [6, 6.07) is 17.9. The van der Waals surface area contributed by atoms with E-state index < -0.39 is 0 Å². The van der Waals surface area contributed by atoms with E-state index in [1.54, 1.807) is 24.3 Å². The van der Waals surface area contributed by atoms with E-state index in [0.29, 0.717) is 12.1 Å². The Morgan fingerprint density at radius 1 is 0.741 bits per heavy atom. The molecule has 0 heterocycles. The monoisotopic (exact) mass is 369 g/mol. The molecule has 0 bridgehead atoms. The van der Waals surface area contributed by atoms with Crippen LogP contribution < -0.4 is 20.7 Å². The molecule has 0 saturated heterocycles. The van der Waals surface area contributed by atoms with Crippen LogP contribution in [-0.2, 0) is 9.59 Å². The number of ether oxygens (including phenoxy) is 1. The van der Waals surface area contributed by atoms with Crippen LogP contribution in [0.5, 0.6) is 5.75 Å². The zero-order valence-corrected chi connectivity index (χ0v) is 14.9. The summed E-state index contributed by atoms with van der Waals surface area (Å²) in [7, 11) is 0. The van der Waals surface area contributed by atoms with Crippen LogP contribution >= 0.6 is 0 Å². The number of nitrogens with one attached hydrogen (secondary N) is 3. The Bertz CT molecular complexity index is 735. The molecule has 2 aromatic rings. The molecule has 27 heavy (non-hydrogen) atoms. The molecule has 0 spiro atoms. The van der Waals surface area contributed by atoms with Crippen molar-refractivity contribution in [2.45, 2.75) is 6.42 Å². The molecule has 2 aromatic carbocycles. The van der Waals surface area contributed by atoms with Gasteiger partial charge in [0.2, 0.25) is 11.8 Å². The third kappa shape index (κ3) is 8.04. The average Bonchev–Trinajstić information content (AvgIpc) is 2.71. The summed E-state index contributed by atoms with van der Waals surface area (Å²) in [5.74, 6) is -0.0638. The van der Waals surface area contributed by atoms with Crippen LogP contribution in [0.15, 0.2) is 60.7 Å². The normalized spacial score (nSPS) is 9.93. The van der Waals surface area contributed by atoms with Gasteiger partial charge in [0.15, 0.2) is 0 Å². The topological polar surface area (TPSA) is 96.5 Å². The van der Waals surface area contributed by atoms with E-state index in [-0.39, 0.29) is 43.8 Å². The van der Waals surface area contributed by atoms with Gasteiger partial charge in [-0.25, -0.2) is 0 Å². The van der Waals surface area contributed by atoms with Crippen LogP contribution in [0.3, 0.4) is 0 Å². The van der Waals surface area contributed by atoms with Gasteiger partial charge in [-0.3, -0.25) is 14.4 Å². The SMILES string of the molecule is O=C(CCOc1ccccc1)NCCNC(=O)CNC(=O)c1ccccc1. The van der Waals surface area contributed by atoms with E-state index >= 15 is 0 Å². The Kier molecular flexibility index (Phi) is 8.36. The molecule has 0 saturated carbocycles. The fraction of sp³-hybridized carbons (Fsp3) is 0.250. The molecule has 0 unspecified atom stereocenters. The summed E-state index contributed by atoms with van der Waals surface area (Å²) >= 11 is 0. The lowest BCUT2D eigenvalue weighted by Crippen LogP contribution is -2.40. The zero-order chi connectivity index (χ0) is 19.3. The standard InChI is InChI=1S/C20H23N3O4/c24-18(11-14-27-17-9-5-2-6-10-17)21-12-13-22-19(25)15-23-20(26)16-7-3-1-4-8-16/h1-10H,11-15H2,(H,21,24)(H,22,25)(H,23,26). The fourth-order valence-electron chi connectivity index (χ4n) is 2.19. The number of hydrogen-bond donors (Lipinski definition) is 3. The maximum Gasteiger partial charge on any atom is 0.251 e. The number of carbonyl (C=O) groups is 3. The first-order valence-corrected chi connectivity index (χ1v) is 8.69. The first-order chi connectivity index (χ1) is 13.1. The van der Waals surface area contributed by atoms with Crippen molar-refractivity contribution in [1.82, 2.24) is 16.0 Å². The predicted molar refractivity (Wildman–Crippen MR) is 101 cm³/mol. The van der Waals surface area contributed by atoms with Gasteiger partial charge < -0.3 is 20.7 Å². The minimum absolute atomic E-state index is 0.118. The molecule has 0 aliphatic rings. The second kappa shape index (κ2) is 11.3. The van der Waals surface area contributed by atoms with Gasteiger partial charge in [-0.15, -0.1) is 0 Å². The van der Waals surface area contributed by atoms with E-state index in [2.05, 4.69) is 16.0 Å². The maximum atomic E-state index is 11.8. The van der Waals surface area contributed by atoms with Crippen LogP contribution in [0.1, 0.15) is 16.8 Å². The number of benzene rings is 2. The van der Waals surface area contributed by atoms with Crippen molar-refractivity contribution in [1.29, 1.82) is 0 Å². The van der Waals surface area contributed by atoms with Crippen molar-refractivity contribution in [3.05, 3.63) is 66.2 Å². The summed E-state index contributed by atoms with van der Waals surface area (Å²) in [4.78, 5) is 35.2. The minimum Gasteiger partial charge on any atom is -0.493 e. The smallest absolute Gasteiger partial charge is 0.251 e. The Labute approximate surface area is 158 Å². The Hall–Kier alpha value is -3.35. The van der Waals surface area contributed by atoms with E-state index in [9.17, 15) is 14.4 Å². The van der Waals surface area contributed by atoms with Gasteiger partial charge in [0.1, 0.15) is 5.75 Å². The number of carbonyl (C=O) groups excluding carboxylic acids is 3. The molecular weight excluding hydrogens is 346 g/mol. The Balaban J connectivity index is 1.51. The first kappa shape index (κ1) is 20.0. The molecule has 0 radical (unpaired) electrons. The van der Waals surface area contributed by atoms with Gasteiger partial charge >= 0.3 is 0 Å². The molecule has 0 fully saturated rings. The van der Waals surface area contributed by atoms with E-state index in [4.69, 9.17) is 4.74 Å². The third-order valence-electron chi connectivity index (χ3n) is 3.56. The van der Waals surface area contributed by atoms with Crippen LogP contribution in [0, 0.1) is 0 Å². The molecular formula is C20H23N3O4. The van der Waals surface area contributed by atoms with Crippen LogP contribution in [0.2, 0.25) is 0 Å². The number of hydrogen-bond acceptors (Lipinski definition) is 4. The van der Waals surface area contributed by atoms with E-state index in [1.807, 2.05) is 36.4 Å². The molecule has 0 aromatic heterocycles. The first-order valence-electron chi connectivity index (χ1n) is 8.69. The highest BCUT2D eigenvalue weighted by molar-refractivity contribution is 5.96. The summed E-state index contributed by atoms with van der Waals surface area (Å²) in [6.07, 6.45) is 0.232. The van der Waals surface area contributed by atoms with E-state index in [0.717, 1.165) is 5.75 Å². The fourth-order valence-corrected chi connectivity index (χ4v) is 2.19. The average molecular weight is 369 g/mol. The second-order valence-electron chi connectivity index (χ2n) is 5.66. The van der Waals surface area contributed by atoms with E-state index in [1.165, 1.54) is 0 Å². The highest BCUT2D eigenvalue weighted by Crippen LogP contribution is 2.08. The summed E-state index contributed by atoms with van der Waals surface area (Å²) in [6.45, 7) is 0.758. The lowest BCUT2D eigenvalue weighted by atomic mass is 10.2. The van der Waals surface area contributed by atoms with Crippen molar-refractivity contribution in [2.24, 2.45) is 0 Å².